The van der Waals surface area contributed by atoms with Crippen molar-refractivity contribution in [1.82, 2.24) is 15.0 Å². The van der Waals surface area contributed by atoms with Crippen molar-refractivity contribution in [3.8, 4) is 0 Å². The van der Waals surface area contributed by atoms with E-state index in [4.69, 9.17) is 4.74 Å². The maximum absolute atomic E-state index is 6.22. The highest BCUT2D eigenvalue weighted by Crippen LogP contribution is 2.59. The molecule has 3 aliphatic rings. The Labute approximate surface area is 142 Å². The number of nitrogens with zero attached hydrogens (tertiary/aromatic N) is 2. The van der Waals surface area contributed by atoms with Crippen LogP contribution in [-0.4, -0.2) is 33.2 Å². The van der Waals surface area contributed by atoms with Crippen molar-refractivity contribution >= 4 is 39.4 Å². The van der Waals surface area contributed by atoms with Crippen LogP contribution in [0.3, 0.4) is 0 Å². The van der Waals surface area contributed by atoms with E-state index >= 15 is 0 Å². The highest BCUT2D eigenvalue weighted by Gasteiger charge is 2.62. The molecule has 2 aliphatic carbocycles. The van der Waals surface area contributed by atoms with Crippen LogP contribution in [0.25, 0.3) is 11.0 Å². The Morgan fingerprint density at radius 3 is 3.23 bits per heavy atom. The van der Waals surface area contributed by atoms with Crippen molar-refractivity contribution in [2.24, 2.45) is 11.8 Å². The minimum atomic E-state index is 0.189. The highest BCUT2D eigenvalue weighted by molar-refractivity contribution is 14.1. The molecule has 4 unspecified atom stereocenters. The Bertz CT molecular complexity index is 732. The molecule has 5 nitrogen and oxygen atoms in total. The van der Waals surface area contributed by atoms with Gasteiger partial charge in [-0.2, -0.15) is 0 Å². The fraction of sp³-hybridized carbons (Fsp3) is 0.625. The van der Waals surface area contributed by atoms with Gasteiger partial charge < -0.3 is 15.0 Å². The molecule has 5 rings (SSSR count). The molecule has 3 fully saturated rings. The summed E-state index contributed by atoms with van der Waals surface area (Å²) in [6.07, 6.45) is 7.94. The fourth-order valence-electron chi connectivity index (χ4n) is 4.96. The van der Waals surface area contributed by atoms with Crippen LogP contribution >= 0.6 is 22.6 Å². The van der Waals surface area contributed by atoms with E-state index in [2.05, 4.69) is 48.9 Å². The number of ether oxygens (including phenoxy) is 1. The average molecular weight is 410 g/mol. The standard InChI is InChI=1S/C16H19IN4O/c17-13-7-10-14(18-8-19-15(10)21-13)20-12-2-1-4-16-9(3-5-22-16)6-11(12)16/h7-9,11-12H,1-6H2,(H2,18,19,20,21). The van der Waals surface area contributed by atoms with Crippen LogP contribution in [0.2, 0.25) is 0 Å². The number of fused-ring (bicyclic) bond motifs is 1. The molecule has 0 bridgehead atoms. The number of anilines is 1. The average Bonchev–Trinajstić information content (AvgIpc) is 2.99. The summed E-state index contributed by atoms with van der Waals surface area (Å²) in [5.41, 5.74) is 1.10. The zero-order chi connectivity index (χ0) is 14.7. The number of hydrogen-bond acceptors (Lipinski definition) is 4. The van der Waals surface area contributed by atoms with Gasteiger partial charge in [-0.05, 0) is 66.7 Å². The largest absolute Gasteiger partial charge is 0.374 e. The first kappa shape index (κ1) is 13.5. The van der Waals surface area contributed by atoms with Crippen LogP contribution < -0.4 is 5.32 Å². The number of hydrogen-bond donors (Lipinski definition) is 2. The van der Waals surface area contributed by atoms with Gasteiger partial charge in [-0.15, -0.1) is 0 Å². The van der Waals surface area contributed by atoms with Gasteiger partial charge in [0.2, 0.25) is 0 Å². The van der Waals surface area contributed by atoms with Gasteiger partial charge in [0.05, 0.1) is 14.7 Å². The first-order chi connectivity index (χ1) is 10.8. The molecule has 0 aromatic carbocycles. The van der Waals surface area contributed by atoms with Crippen LogP contribution in [0.4, 0.5) is 5.82 Å². The molecule has 4 atom stereocenters. The summed E-state index contributed by atoms with van der Waals surface area (Å²) in [6.45, 7) is 0.960. The highest BCUT2D eigenvalue weighted by atomic mass is 127. The van der Waals surface area contributed by atoms with Crippen LogP contribution in [0.5, 0.6) is 0 Å². The van der Waals surface area contributed by atoms with Gasteiger partial charge in [0.25, 0.3) is 0 Å². The molecule has 1 aliphatic heterocycles. The second-order valence-electron chi connectivity index (χ2n) is 6.88. The lowest BCUT2D eigenvalue weighted by Crippen LogP contribution is -2.61. The van der Waals surface area contributed by atoms with Gasteiger partial charge in [-0.3, -0.25) is 0 Å². The Morgan fingerprint density at radius 2 is 2.32 bits per heavy atom. The number of aromatic amines is 1. The van der Waals surface area contributed by atoms with Crippen molar-refractivity contribution < 1.29 is 4.74 Å². The molecular formula is C16H19IN4O. The second-order valence-corrected chi connectivity index (χ2v) is 8.04. The number of nitrogens with one attached hydrogen (secondary N) is 2. The predicted molar refractivity (Wildman–Crippen MR) is 92.8 cm³/mol. The number of rotatable bonds is 2. The lowest BCUT2D eigenvalue weighted by Gasteiger charge is -2.57. The quantitative estimate of drug-likeness (QED) is 0.746. The number of halogens is 1. The van der Waals surface area contributed by atoms with E-state index in [1.165, 1.54) is 32.1 Å². The van der Waals surface area contributed by atoms with E-state index in [-0.39, 0.29) is 5.60 Å². The van der Waals surface area contributed by atoms with Crippen molar-refractivity contribution in [2.45, 2.75) is 43.7 Å². The SMILES string of the molecule is Ic1cc2c(NC3CCCC45OCCC4CC35)ncnc2[nH]1. The number of aromatic nitrogens is 3. The Balaban J connectivity index is 1.45. The third-order valence-electron chi connectivity index (χ3n) is 5.98. The van der Waals surface area contributed by atoms with Gasteiger partial charge >= 0.3 is 0 Å². The van der Waals surface area contributed by atoms with Gasteiger partial charge in [0.1, 0.15) is 17.8 Å². The molecule has 6 heteroatoms. The molecule has 0 amide bonds. The Morgan fingerprint density at radius 1 is 1.36 bits per heavy atom. The molecule has 2 saturated carbocycles. The second kappa shape index (κ2) is 4.80. The summed E-state index contributed by atoms with van der Waals surface area (Å²) in [5, 5.41) is 4.81. The third-order valence-corrected chi connectivity index (χ3v) is 6.56. The van der Waals surface area contributed by atoms with E-state index < -0.39 is 0 Å². The molecule has 22 heavy (non-hydrogen) atoms. The zero-order valence-corrected chi connectivity index (χ0v) is 14.5. The lowest BCUT2D eigenvalue weighted by atomic mass is 9.53. The molecule has 1 saturated heterocycles. The van der Waals surface area contributed by atoms with E-state index in [9.17, 15) is 0 Å². The molecule has 3 heterocycles. The van der Waals surface area contributed by atoms with Crippen molar-refractivity contribution in [3.05, 3.63) is 16.1 Å². The number of H-pyrrole nitrogens is 1. The van der Waals surface area contributed by atoms with Gasteiger partial charge in [0.15, 0.2) is 0 Å². The Hall–Kier alpha value is -0.890. The van der Waals surface area contributed by atoms with Crippen LogP contribution in [-0.2, 0) is 4.74 Å². The molecule has 2 aromatic rings. The van der Waals surface area contributed by atoms with E-state index in [0.717, 1.165) is 33.1 Å². The van der Waals surface area contributed by atoms with Crippen LogP contribution in [0.15, 0.2) is 12.4 Å². The molecule has 2 N–H and O–H groups in total. The van der Waals surface area contributed by atoms with Crippen LogP contribution in [0.1, 0.15) is 32.1 Å². The maximum atomic E-state index is 6.22. The predicted octanol–water partition coefficient (Wildman–Crippen LogP) is 3.32. The summed E-state index contributed by atoms with van der Waals surface area (Å²) in [5.74, 6) is 2.42. The van der Waals surface area contributed by atoms with Crippen molar-refractivity contribution in [2.75, 3.05) is 11.9 Å². The van der Waals surface area contributed by atoms with Gasteiger partial charge in [0, 0.05) is 18.6 Å². The minimum Gasteiger partial charge on any atom is -0.374 e. The molecule has 0 radical (unpaired) electrons. The third kappa shape index (κ3) is 1.79. The molecular weight excluding hydrogens is 391 g/mol. The van der Waals surface area contributed by atoms with Gasteiger partial charge in [-0.1, -0.05) is 0 Å². The topological polar surface area (TPSA) is 62.8 Å². The van der Waals surface area contributed by atoms with E-state index in [0.29, 0.717) is 12.0 Å². The summed E-state index contributed by atoms with van der Waals surface area (Å²) < 4.78 is 7.32. The zero-order valence-electron chi connectivity index (χ0n) is 12.3. The summed E-state index contributed by atoms with van der Waals surface area (Å²) in [4.78, 5) is 12.1. The monoisotopic (exact) mass is 410 g/mol. The molecule has 116 valence electrons. The van der Waals surface area contributed by atoms with E-state index in [1.807, 2.05) is 0 Å². The van der Waals surface area contributed by atoms with Crippen LogP contribution in [0, 0.1) is 15.5 Å². The summed E-state index contributed by atoms with van der Waals surface area (Å²) >= 11 is 2.29. The summed E-state index contributed by atoms with van der Waals surface area (Å²) in [6, 6.07) is 2.60. The van der Waals surface area contributed by atoms with Gasteiger partial charge in [-0.25, -0.2) is 9.97 Å². The van der Waals surface area contributed by atoms with Crippen molar-refractivity contribution in [3.63, 3.8) is 0 Å². The normalized spacial score (nSPS) is 36.7. The first-order valence-electron chi connectivity index (χ1n) is 8.16. The smallest absolute Gasteiger partial charge is 0.143 e. The van der Waals surface area contributed by atoms with E-state index in [1.54, 1.807) is 6.33 Å². The summed E-state index contributed by atoms with van der Waals surface area (Å²) in [7, 11) is 0. The maximum Gasteiger partial charge on any atom is 0.143 e. The Kier molecular flexibility index (Phi) is 2.95. The fourth-order valence-corrected chi connectivity index (χ4v) is 5.53. The lowest BCUT2D eigenvalue weighted by molar-refractivity contribution is -0.160. The van der Waals surface area contributed by atoms with Crippen molar-refractivity contribution in [1.29, 1.82) is 0 Å². The molecule has 1 spiro atoms. The first-order valence-corrected chi connectivity index (χ1v) is 9.24. The molecule has 2 aromatic heterocycles. The minimum absolute atomic E-state index is 0.189.